The van der Waals surface area contributed by atoms with Gasteiger partial charge in [0.25, 0.3) is 5.56 Å². The number of ether oxygens (including phenoxy) is 1. The Hall–Kier alpha value is -2.43. The molecule has 3 rings (SSSR count). The molecule has 126 valence electrons. The quantitative estimate of drug-likeness (QED) is 0.895. The average molecular weight is 328 g/mol. The van der Waals surface area contributed by atoms with Crippen LogP contribution in [0, 0.1) is 11.3 Å². The van der Waals surface area contributed by atoms with Crippen molar-refractivity contribution >= 4 is 16.7 Å². The van der Waals surface area contributed by atoms with E-state index in [4.69, 9.17) is 10.00 Å². The zero-order valence-corrected chi connectivity index (χ0v) is 13.8. The van der Waals surface area contributed by atoms with Crippen LogP contribution in [0.5, 0.6) is 0 Å². The Balaban J connectivity index is 2.10. The van der Waals surface area contributed by atoms with Crippen LogP contribution in [0.2, 0.25) is 0 Å². The molecule has 1 aliphatic heterocycles. The lowest BCUT2D eigenvalue weighted by Gasteiger charge is -2.37. The Morgan fingerprint density at radius 3 is 3.00 bits per heavy atom. The van der Waals surface area contributed by atoms with Gasteiger partial charge in [-0.25, -0.2) is 4.98 Å². The summed E-state index contributed by atoms with van der Waals surface area (Å²) in [5.41, 5.74) is 2.14. The molecule has 1 aliphatic rings. The van der Waals surface area contributed by atoms with Gasteiger partial charge in [0, 0.05) is 32.8 Å². The fourth-order valence-corrected chi connectivity index (χ4v) is 3.12. The number of piperidine rings is 1. The summed E-state index contributed by atoms with van der Waals surface area (Å²) in [6.07, 6.45) is -0.261. The van der Waals surface area contributed by atoms with E-state index >= 15 is 0 Å². The van der Waals surface area contributed by atoms with E-state index < -0.39 is 6.10 Å². The van der Waals surface area contributed by atoms with Crippen molar-refractivity contribution < 1.29 is 9.84 Å². The molecule has 24 heavy (non-hydrogen) atoms. The number of nitrogens with zero attached hydrogens (tertiary/aromatic N) is 4. The van der Waals surface area contributed by atoms with Gasteiger partial charge in [0.1, 0.15) is 23.4 Å². The van der Waals surface area contributed by atoms with E-state index in [2.05, 4.69) is 4.98 Å². The van der Waals surface area contributed by atoms with Gasteiger partial charge < -0.3 is 19.3 Å². The molecule has 0 unspecified atom stereocenters. The van der Waals surface area contributed by atoms with Gasteiger partial charge in [0.15, 0.2) is 0 Å². The van der Waals surface area contributed by atoms with E-state index in [0.29, 0.717) is 48.5 Å². The molecule has 3 heterocycles. The van der Waals surface area contributed by atoms with Crippen molar-refractivity contribution in [2.45, 2.75) is 25.6 Å². The number of aliphatic hydroxyl groups excluding tert-OH is 1. The van der Waals surface area contributed by atoms with Crippen LogP contribution in [0.3, 0.4) is 0 Å². The second kappa shape index (κ2) is 6.59. The van der Waals surface area contributed by atoms with Crippen molar-refractivity contribution in [3.05, 3.63) is 34.2 Å². The fraction of sp³-hybridized carbons (Fsp3) is 0.471. The van der Waals surface area contributed by atoms with E-state index in [1.807, 2.05) is 17.9 Å². The number of anilines is 1. The van der Waals surface area contributed by atoms with Crippen molar-refractivity contribution in [1.29, 1.82) is 5.26 Å². The third-order valence-corrected chi connectivity index (χ3v) is 4.43. The van der Waals surface area contributed by atoms with Gasteiger partial charge in [-0.3, -0.25) is 4.79 Å². The summed E-state index contributed by atoms with van der Waals surface area (Å²) < 4.78 is 7.13. The highest BCUT2D eigenvalue weighted by Gasteiger charge is 2.29. The maximum absolute atomic E-state index is 12.3. The second-order valence-electron chi connectivity index (χ2n) is 5.90. The first-order valence-corrected chi connectivity index (χ1v) is 8.00. The van der Waals surface area contributed by atoms with E-state index in [1.165, 1.54) is 10.6 Å². The first kappa shape index (κ1) is 16.4. The molecular weight excluding hydrogens is 308 g/mol. The molecule has 1 fully saturated rings. The van der Waals surface area contributed by atoms with E-state index in [0.717, 1.165) is 0 Å². The number of pyridine rings is 2. The number of nitriles is 1. The van der Waals surface area contributed by atoms with Crippen LogP contribution in [0.1, 0.15) is 19.0 Å². The molecule has 0 spiro atoms. The predicted molar refractivity (Wildman–Crippen MR) is 89.9 cm³/mol. The first-order valence-electron chi connectivity index (χ1n) is 8.00. The minimum Gasteiger partial charge on any atom is -0.390 e. The Bertz CT molecular complexity index is 855. The van der Waals surface area contributed by atoms with E-state index in [1.54, 1.807) is 19.2 Å². The van der Waals surface area contributed by atoms with E-state index in [-0.39, 0.29) is 11.7 Å². The van der Waals surface area contributed by atoms with Crippen molar-refractivity contribution in [2.24, 2.45) is 7.05 Å². The summed E-state index contributed by atoms with van der Waals surface area (Å²) in [5.74, 6) is 0. The first-order chi connectivity index (χ1) is 11.5. The van der Waals surface area contributed by atoms with Crippen LogP contribution < -0.4 is 10.5 Å². The average Bonchev–Trinajstić information content (AvgIpc) is 2.60. The largest absolute Gasteiger partial charge is 0.390 e. The third kappa shape index (κ3) is 2.86. The monoisotopic (exact) mass is 328 g/mol. The number of aromatic nitrogens is 2. The molecule has 1 N–H and O–H groups in total. The normalized spacial score (nSPS) is 21.0. The van der Waals surface area contributed by atoms with Gasteiger partial charge in [-0.1, -0.05) is 0 Å². The number of aliphatic hydroxyl groups is 1. The standard InChI is InChI=1S/C17H20N4O3/c1-3-24-15-10-21(7-6-14(15)22)13-8-16(23)20(2)12-5-4-11(9-18)19-17(12)13/h4-5,8,14-15,22H,3,6-7,10H2,1-2H3/t14-,15+/m0/s1. The van der Waals surface area contributed by atoms with Gasteiger partial charge in [0.2, 0.25) is 0 Å². The Morgan fingerprint density at radius 2 is 2.29 bits per heavy atom. The van der Waals surface area contributed by atoms with Gasteiger partial charge in [-0.15, -0.1) is 0 Å². The van der Waals surface area contributed by atoms with Crippen LogP contribution in [-0.4, -0.2) is 46.6 Å². The highest BCUT2D eigenvalue weighted by Crippen LogP contribution is 2.27. The highest BCUT2D eigenvalue weighted by atomic mass is 16.5. The molecule has 0 saturated carbocycles. The van der Waals surface area contributed by atoms with Crippen molar-refractivity contribution in [3.8, 4) is 6.07 Å². The topological polar surface area (TPSA) is 91.4 Å². The molecule has 0 aliphatic carbocycles. The van der Waals surface area contributed by atoms with Crippen LogP contribution >= 0.6 is 0 Å². The number of rotatable bonds is 3. The molecule has 2 aromatic rings. The lowest BCUT2D eigenvalue weighted by molar-refractivity contribution is -0.0398. The summed E-state index contributed by atoms with van der Waals surface area (Å²) in [6, 6.07) is 6.92. The summed E-state index contributed by atoms with van der Waals surface area (Å²) in [4.78, 5) is 18.7. The summed E-state index contributed by atoms with van der Waals surface area (Å²) in [5, 5.41) is 19.2. The minimum atomic E-state index is -0.512. The number of hydrogen-bond donors (Lipinski definition) is 1. The lowest BCUT2D eigenvalue weighted by atomic mass is 10.0. The molecular formula is C17H20N4O3. The summed E-state index contributed by atoms with van der Waals surface area (Å²) in [7, 11) is 1.69. The van der Waals surface area contributed by atoms with Crippen LogP contribution in [0.4, 0.5) is 5.69 Å². The zero-order valence-electron chi connectivity index (χ0n) is 13.8. The number of hydrogen-bond acceptors (Lipinski definition) is 6. The number of aryl methyl sites for hydroxylation is 1. The molecule has 7 heteroatoms. The highest BCUT2D eigenvalue weighted by molar-refractivity contribution is 5.88. The van der Waals surface area contributed by atoms with Gasteiger partial charge in [0.05, 0.1) is 17.3 Å². The molecule has 0 amide bonds. The maximum Gasteiger partial charge on any atom is 0.252 e. The minimum absolute atomic E-state index is 0.136. The maximum atomic E-state index is 12.3. The summed E-state index contributed by atoms with van der Waals surface area (Å²) in [6.45, 7) is 3.49. The Kier molecular flexibility index (Phi) is 4.51. The van der Waals surface area contributed by atoms with E-state index in [9.17, 15) is 9.90 Å². The van der Waals surface area contributed by atoms with Gasteiger partial charge >= 0.3 is 0 Å². The van der Waals surface area contributed by atoms with Crippen molar-refractivity contribution in [2.75, 3.05) is 24.6 Å². The number of fused-ring (bicyclic) bond motifs is 1. The van der Waals surface area contributed by atoms with Gasteiger partial charge in [-0.05, 0) is 25.5 Å². The Labute approximate surface area is 139 Å². The molecule has 1 saturated heterocycles. The smallest absolute Gasteiger partial charge is 0.252 e. The van der Waals surface area contributed by atoms with Crippen LogP contribution in [0.15, 0.2) is 23.0 Å². The fourth-order valence-electron chi connectivity index (χ4n) is 3.12. The summed E-state index contributed by atoms with van der Waals surface area (Å²) >= 11 is 0. The molecule has 2 aromatic heterocycles. The Morgan fingerprint density at radius 1 is 1.50 bits per heavy atom. The molecule has 0 radical (unpaired) electrons. The molecule has 2 atom stereocenters. The lowest BCUT2D eigenvalue weighted by Crippen LogP contribution is -2.48. The van der Waals surface area contributed by atoms with Crippen LogP contribution in [-0.2, 0) is 11.8 Å². The predicted octanol–water partition coefficient (Wildman–Crippen LogP) is 0.781. The molecule has 0 aromatic carbocycles. The van der Waals surface area contributed by atoms with Crippen molar-refractivity contribution in [3.63, 3.8) is 0 Å². The molecule has 7 nitrogen and oxygen atoms in total. The SMILES string of the molecule is CCO[C@@H]1CN(c2cc(=O)n(C)c3ccc(C#N)nc23)CC[C@@H]1O. The molecule has 0 bridgehead atoms. The zero-order chi connectivity index (χ0) is 17.3. The third-order valence-electron chi connectivity index (χ3n) is 4.43. The van der Waals surface area contributed by atoms with Crippen molar-refractivity contribution in [1.82, 2.24) is 9.55 Å². The van der Waals surface area contributed by atoms with Crippen LogP contribution in [0.25, 0.3) is 11.0 Å². The second-order valence-corrected chi connectivity index (χ2v) is 5.90. The van der Waals surface area contributed by atoms with Gasteiger partial charge in [-0.2, -0.15) is 5.26 Å².